The number of aromatic nitrogens is 1. The smallest absolute Gasteiger partial charge is 0.0558 e. The molecule has 3 heteroatoms. The molecule has 20 heavy (non-hydrogen) atoms. The van der Waals surface area contributed by atoms with Gasteiger partial charge in [-0.15, -0.1) is 0 Å². The molecule has 2 N–H and O–H groups in total. The highest BCUT2D eigenvalue weighted by atomic mass is 35.5. The number of aryl methyl sites for hydroxylation is 1. The second-order valence-electron chi connectivity index (χ2n) is 4.93. The third-order valence-corrected chi connectivity index (χ3v) is 4.01. The number of benzene rings is 2. The van der Waals surface area contributed by atoms with E-state index >= 15 is 0 Å². The molecule has 1 heterocycles. The number of rotatable bonds is 2. The second kappa shape index (κ2) is 5.23. The Morgan fingerprint density at radius 1 is 1.15 bits per heavy atom. The van der Waals surface area contributed by atoms with E-state index in [1.165, 1.54) is 0 Å². The lowest BCUT2D eigenvalue weighted by Gasteiger charge is -2.16. The summed E-state index contributed by atoms with van der Waals surface area (Å²) < 4.78 is 0. The van der Waals surface area contributed by atoms with Gasteiger partial charge in [-0.2, -0.15) is 0 Å². The van der Waals surface area contributed by atoms with Crippen molar-refractivity contribution >= 4 is 22.4 Å². The molecule has 1 atom stereocenters. The van der Waals surface area contributed by atoms with Crippen molar-refractivity contribution in [3.8, 4) is 0 Å². The third-order valence-electron chi connectivity index (χ3n) is 3.61. The van der Waals surface area contributed by atoms with Crippen LogP contribution in [-0.4, -0.2) is 4.98 Å². The third kappa shape index (κ3) is 2.28. The molecule has 100 valence electrons. The average Bonchev–Trinajstić information content (AvgIpc) is 2.49. The highest BCUT2D eigenvalue weighted by molar-refractivity contribution is 6.31. The molecule has 1 aromatic heterocycles. The van der Waals surface area contributed by atoms with Gasteiger partial charge in [-0.25, -0.2) is 0 Å². The Labute approximate surface area is 123 Å². The Hall–Kier alpha value is -1.90. The molecular weight excluding hydrogens is 268 g/mol. The number of fused-ring (bicyclic) bond motifs is 1. The fourth-order valence-electron chi connectivity index (χ4n) is 2.39. The first-order chi connectivity index (χ1) is 9.66. The van der Waals surface area contributed by atoms with Crippen molar-refractivity contribution in [2.45, 2.75) is 13.0 Å². The predicted molar refractivity (Wildman–Crippen MR) is 84.0 cm³/mol. The highest BCUT2D eigenvalue weighted by Crippen LogP contribution is 2.28. The number of nitrogens with two attached hydrogens (primary N) is 1. The van der Waals surface area contributed by atoms with E-state index in [-0.39, 0.29) is 6.04 Å². The van der Waals surface area contributed by atoms with E-state index in [4.69, 9.17) is 17.3 Å². The summed E-state index contributed by atoms with van der Waals surface area (Å²) in [6.45, 7) is 1.99. The molecule has 0 amide bonds. The Balaban J connectivity index is 2.12. The minimum absolute atomic E-state index is 0.207. The zero-order valence-corrected chi connectivity index (χ0v) is 11.9. The van der Waals surface area contributed by atoms with Crippen molar-refractivity contribution in [3.63, 3.8) is 0 Å². The predicted octanol–water partition coefficient (Wildman–Crippen LogP) is 4.24. The van der Waals surface area contributed by atoms with Gasteiger partial charge < -0.3 is 5.73 Å². The van der Waals surface area contributed by atoms with Gasteiger partial charge in [0.15, 0.2) is 0 Å². The lowest BCUT2D eigenvalue weighted by Crippen LogP contribution is -2.12. The van der Waals surface area contributed by atoms with Crippen LogP contribution < -0.4 is 5.73 Å². The van der Waals surface area contributed by atoms with Crippen molar-refractivity contribution in [3.05, 3.63) is 76.6 Å². The SMILES string of the molecule is Cc1ccc(C(N)c2cccc3ccncc23)cc1Cl. The first-order valence-electron chi connectivity index (χ1n) is 6.51. The van der Waals surface area contributed by atoms with Gasteiger partial charge >= 0.3 is 0 Å². The zero-order chi connectivity index (χ0) is 14.1. The second-order valence-corrected chi connectivity index (χ2v) is 5.34. The molecule has 0 fully saturated rings. The Morgan fingerprint density at radius 3 is 2.80 bits per heavy atom. The lowest BCUT2D eigenvalue weighted by atomic mass is 9.95. The Bertz CT molecular complexity index is 763. The van der Waals surface area contributed by atoms with Crippen LogP contribution in [0.15, 0.2) is 54.9 Å². The van der Waals surface area contributed by atoms with E-state index in [0.29, 0.717) is 0 Å². The molecule has 0 aliphatic carbocycles. The molecular formula is C17H15ClN2. The first-order valence-corrected chi connectivity index (χ1v) is 6.89. The van der Waals surface area contributed by atoms with E-state index in [1.54, 1.807) is 6.20 Å². The van der Waals surface area contributed by atoms with Gasteiger partial charge in [0.05, 0.1) is 6.04 Å². The summed E-state index contributed by atoms with van der Waals surface area (Å²) in [6, 6.07) is 13.9. The largest absolute Gasteiger partial charge is 0.320 e. The minimum atomic E-state index is -0.207. The first kappa shape index (κ1) is 13.1. The summed E-state index contributed by atoms with van der Waals surface area (Å²) in [5.41, 5.74) is 9.55. The van der Waals surface area contributed by atoms with Crippen LogP contribution in [0, 0.1) is 6.92 Å². The molecule has 0 radical (unpaired) electrons. The molecule has 0 saturated heterocycles. The normalized spacial score (nSPS) is 12.6. The molecule has 0 bridgehead atoms. The van der Waals surface area contributed by atoms with Gasteiger partial charge in [-0.3, -0.25) is 4.98 Å². The summed E-state index contributed by atoms with van der Waals surface area (Å²) in [7, 11) is 0. The maximum Gasteiger partial charge on any atom is 0.0558 e. The molecule has 2 aromatic carbocycles. The van der Waals surface area contributed by atoms with Gasteiger partial charge in [0.25, 0.3) is 0 Å². The molecule has 0 saturated carbocycles. The van der Waals surface area contributed by atoms with Crippen LogP contribution >= 0.6 is 11.6 Å². The number of hydrogen-bond acceptors (Lipinski definition) is 2. The number of halogens is 1. The molecule has 3 rings (SSSR count). The minimum Gasteiger partial charge on any atom is -0.320 e. The van der Waals surface area contributed by atoms with Crippen molar-refractivity contribution in [2.24, 2.45) is 5.73 Å². The van der Waals surface area contributed by atoms with Crippen LogP contribution in [0.1, 0.15) is 22.7 Å². The summed E-state index contributed by atoms with van der Waals surface area (Å²) in [5.74, 6) is 0. The van der Waals surface area contributed by atoms with Crippen LogP contribution in [0.25, 0.3) is 10.8 Å². The topological polar surface area (TPSA) is 38.9 Å². The molecule has 0 spiro atoms. The van der Waals surface area contributed by atoms with E-state index in [1.807, 2.05) is 49.5 Å². The van der Waals surface area contributed by atoms with Crippen LogP contribution in [0.4, 0.5) is 0 Å². The van der Waals surface area contributed by atoms with Crippen LogP contribution in [0.3, 0.4) is 0 Å². The van der Waals surface area contributed by atoms with E-state index < -0.39 is 0 Å². The monoisotopic (exact) mass is 282 g/mol. The van der Waals surface area contributed by atoms with Gasteiger partial charge in [-0.1, -0.05) is 41.9 Å². The maximum atomic E-state index is 6.41. The Kier molecular flexibility index (Phi) is 3.43. The van der Waals surface area contributed by atoms with Gasteiger partial charge in [-0.05, 0) is 41.1 Å². The molecule has 2 nitrogen and oxygen atoms in total. The van der Waals surface area contributed by atoms with E-state index in [2.05, 4.69) is 11.1 Å². The zero-order valence-electron chi connectivity index (χ0n) is 11.2. The lowest BCUT2D eigenvalue weighted by molar-refractivity contribution is 0.879. The van der Waals surface area contributed by atoms with E-state index in [0.717, 1.165) is 32.5 Å². The van der Waals surface area contributed by atoms with Gasteiger partial charge in [0, 0.05) is 22.8 Å². The Morgan fingerprint density at radius 2 is 2.00 bits per heavy atom. The number of nitrogens with zero attached hydrogens (tertiary/aromatic N) is 1. The standard InChI is InChI=1S/C17H15ClN2/c1-11-5-6-13(9-16(11)18)17(19)14-4-2-3-12-7-8-20-10-15(12)14/h2-10,17H,19H2,1H3. The molecule has 0 aliphatic rings. The van der Waals surface area contributed by atoms with Gasteiger partial charge in [0.2, 0.25) is 0 Å². The quantitative estimate of drug-likeness (QED) is 0.763. The molecule has 3 aromatic rings. The van der Waals surface area contributed by atoms with Crippen LogP contribution in [0.2, 0.25) is 5.02 Å². The fraction of sp³-hybridized carbons (Fsp3) is 0.118. The summed E-state index contributed by atoms with van der Waals surface area (Å²) in [4.78, 5) is 4.20. The van der Waals surface area contributed by atoms with Gasteiger partial charge in [0.1, 0.15) is 0 Å². The summed E-state index contributed by atoms with van der Waals surface area (Å²) in [5, 5.41) is 2.97. The summed E-state index contributed by atoms with van der Waals surface area (Å²) in [6.07, 6.45) is 3.65. The van der Waals surface area contributed by atoms with Crippen LogP contribution in [0.5, 0.6) is 0 Å². The van der Waals surface area contributed by atoms with Crippen molar-refractivity contribution in [1.29, 1.82) is 0 Å². The molecule has 0 aliphatic heterocycles. The average molecular weight is 283 g/mol. The number of pyridine rings is 1. The maximum absolute atomic E-state index is 6.41. The molecule has 1 unspecified atom stereocenters. The van der Waals surface area contributed by atoms with E-state index in [9.17, 15) is 0 Å². The number of hydrogen-bond donors (Lipinski definition) is 1. The van der Waals surface area contributed by atoms with Crippen molar-refractivity contribution in [2.75, 3.05) is 0 Å². The fourth-order valence-corrected chi connectivity index (χ4v) is 2.58. The van der Waals surface area contributed by atoms with Crippen molar-refractivity contribution in [1.82, 2.24) is 4.98 Å². The van der Waals surface area contributed by atoms with Crippen molar-refractivity contribution < 1.29 is 0 Å². The summed E-state index contributed by atoms with van der Waals surface area (Å²) >= 11 is 6.20. The van der Waals surface area contributed by atoms with Crippen LogP contribution in [-0.2, 0) is 0 Å². The highest BCUT2D eigenvalue weighted by Gasteiger charge is 2.13.